The number of rotatable bonds is 6. The Kier molecular flexibility index (Phi) is 12.6. The summed E-state index contributed by atoms with van der Waals surface area (Å²) in [6, 6.07) is 8.44. The van der Waals surface area contributed by atoms with Crippen LogP contribution in [0.3, 0.4) is 0 Å². The van der Waals surface area contributed by atoms with E-state index in [1.165, 1.54) is 14.7 Å². The van der Waals surface area contributed by atoms with E-state index in [4.69, 9.17) is 16.3 Å². The van der Waals surface area contributed by atoms with Gasteiger partial charge in [-0.2, -0.15) is 0 Å². The molecule has 4 aliphatic rings. The predicted molar refractivity (Wildman–Crippen MR) is 201 cm³/mol. The maximum absolute atomic E-state index is 14.5. The quantitative estimate of drug-likeness (QED) is 0.322. The fourth-order valence-corrected chi connectivity index (χ4v) is 8.13. The Bertz CT molecular complexity index is 1800. The summed E-state index contributed by atoms with van der Waals surface area (Å²) in [5, 5.41) is 11.3. The second kappa shape index (κ2) is 17.5. The fourth-order valence-electron chi connectivity index (χ4n) is 7.94. The van der Waals surface area contributed by atoms with Crippen LogP contribution in [0.15, 0.2) is 54.6 Å². The number of fused-ring (bicyclic) bond motifs is 3. The van der Waals surface area contributed by atoms with Crippen molar-refractivity contribution in [3.63, 3.8) is 0 Å². The van der Waals surface area contributed by atoms with Crippen LogP contribution in [-0.2, 0) is 39.9 Å². The molecule has 0 radical (unpaired) electrons. The van der Waals surface area contributed by atoms with Crippen LogP contribution in [0.25, 0.3) is 0 Å². The Morgan fingerprint density at radius 1 is 0.855 bits per heavy atom. The number of benzene rings is 2. The largest absolute Gasteiger partial charge is 0.461 e. The van der Waals surface area contributed by atoms with E-state index in [0.717, 1.165) is 5.56 Å². The zero-order valence-electron chi connectivity index (χ0n) is 31.0. The average molecular weight is 778 g/mol. The van der Waals surface area contributed by atoms with Gasteiger partial charge in [0.05, 0.1) is 0 Å². The smallest absolute Gasteiger partial charge is 0.328 e. The van der Waals surface area contributed by atoms with Gasteiger partial charge in [-0.25, -0.2) is 9.59 Å². The van der Waals surface area contributed by atoms with Gasteiger partial charge >= 0.3 is 12.0 Å². The minimum Gasteiger partial charge on any atom is -0.461 e. The van der Waals surface area contributed by atoms with Crippen LogP contribution in [0.5, 0.6) is 0 Å². The molecule has 15 nitrogen and oxygen atoms in total. The van der Waals surface area contributed by atoms with Crippen LogP contribution in [0.4, 0.5) is 10.5 Å². The highest BCUT2D eigenvalue weighted by Crippen LogP contribution is 2.28. The van der Waals surface area contributed by atoms with Gasteiger partial charge in [-0.3, -0.25) is 24.0 Å². The van der Waals surface area contributed by atoms with E-state index in [0.29, 0.717) is 55.8 Å². The van der Waals surface area contributed by atoms with Gasteiger partial charge in [0.2, 0.25) is 29.5 Å². The van der Waals surface area contributed by atoms with Crippen molar-refractivity contribution < 1.29 is 38.3 Å². The van der Waals surface area contributed by atoms with Crippen molar-refractivity contribution in [2.45, 2.75) is 95.0 Å². The molecule has 0 saturated carbocycles. The molecule has 0 unspecified atom stereocenters. The van der Waals surface area contributed by atoms with Gasteiger partial charge in [0, 0.05) is 36.8 Å². The first-order chi connectivity index (χ1) is 26.4. The van der Waals surface area contributed by atoms with Crippen LogP contribution in [0, 0.1) is 5.92 Å². The number of hydrogen-bond acceptors (Lipinski definition) is 8. The molecule has 0 aromatic heterocycles. The summed E-state index contributed by atoms with van der Waals surface area (Å²) < 4.78 is 5.73. The minimum atomic E-state index is -1.45. The van der Waals surface area contributed by atoms with Crippen molar-refractivity contribution in [1.82, 2.24) is 30.7 Å². The molecule has 4 fully saturated rings. The standard InChI is InChI=1S/C39H48ClN7O8/c1-23-18-32-38(53)55-22-29(43-33(48)28(19-25-10-4-3-5-11-25)44-39(54)42-27-13-8-12-26(40)20-27)36(51)46-17-9-15-31(46)37(52)45-16-7-6-14-30(45)34(49)41-24(2)35(50)47(32)21-23/h3-5,8,10-13,20,23-24,28-32H,6-7,9,14-19,21-22H2,1-2H3,(H,41,49)(H,43,48)(H2,42,44,54)/t23-,24+,28+,29+,30+,31+,32+/m1/s1. The number of ether oxygens (including phenoxy) is 1. The van der Waals surface area contributed by atoms with E-state index in [2.05, 4.69) is 21.3 Å². The number of amides is 7. The van der Waals surface area contributed by atoms with Crippen LogP contribution in [-0.4, -0.2) is 119 Å². The maximum Gasteiger partial charge on any atom is 0.328 e. The molecule has 7 atom stereocenters. The third-order valence-corrected chi connectivity index (χ3v) is 10.9. The number of nitrogens with zero attached hydrogens (tertiary/aromatic N) is 3. The zero-order chi connectivity index (χ0) is 39.2. The fraction of sp³-hybridized carbons (Fsp3) is 0.513. The van der Waals surface area contributed by atoms with Crippen LogP contribution in [0.1, 0.15) is 57.9 Å². The summed E-state index contributed by atoms with van der Waals surface area (Å²) in [6.45, 7) is 3.64. The lowest BCUT2D eigenvalue weighted by Gasteiger charge is -2.39. The van der Waals surface area contributed by atoms with E-state index in [9.17, 15) is 33.6 Å². The Hall–Kier alpha value is -5.18. The zero-order valence-corrected chi connectivity index (χ0v) is 31.8. The van der Waals surface area contributed by atoms with E-state index in [-0.39, 0.29) is 25.4 Å². The first-order valence-electron chi connectivity index (χ1n) is 19.0. The molecule has 16 heteroatoms. The number of urea groups is 1. The second-order valence-corrected chi connectivity index (χ2v) is 15.3. The maximum atomic E-state index is 14.5. The van der Waals surface area contributed by atoms with Gasteiger partial charge in [-0.1, -0.05) is 54.9 Å². The van der Waals surface area contributed by atoms with Crippen molar-refractivity contribution in [1.29, 1.82) is 0 Å². The third kappa shape index (κ3) is 9.38. The SMILES string of the molecule is C[C@@H]1C[C@H]2C(=O)OC[C@H](NC(=O)[C@H](Cc3ccccc3)NC(=O)Nc3cccc(Cl)c3)C(=O)N3CCC[C@H]3C(=O)N3CCCC[C@H]3C(=O)N[C@@H](C)C(=O)N2C1. The summed E-state index contributed by atoms with van der Waals surface area (Å²) in [5.74, 6) is -3.52. The van der Waals surface area contributed by atoms with Crippen LogP contribution >= 0.6 is 11.6 Å². The van der Waals surface area contributed by atoms with Crippen molar-refractivity contribution in [3.8, 4) is 0 Å². The summed E-state index contributed by atoms with van der Waals surface area (Å²) in [5.41, 5.74) is 1.12. The lowest BCUT2D eigenvalue weighted by Crippen LogP contribution is -2.62. The number of halogens is 1. The molecule has 4 N–H and O–H groups in total. The number of carbonyl (C=O) groups is 7. The van der Waals surface area contributed by atoms with Gasteiger partial charge in [-0.15, -0.1) is 0 Å². The lowest BCUT2D eigenvalue weighted by atomic mass is 9.99. The van der Waals surface area contributed by atoms with E-state index in [1.807, 2.05) is 13.0 Å². The Balaban J connectivity index is 1.30. The van der Waals surface area contributed by atoms with E-state index in [1.54, 1.807) is 55.5 Å². The number of piperidine rings is 1. The number of carbonyl (C=O) groups excluding carboxylic acids is 7. The highest BCUT2D eigenvalue weighted by Gasteiger charge is 2.46. The van der Waals surface area contributed by atoms with Gasteiger partial charge in [0.15, 0.2) is 0 Å². The summed E-state index contributed by atoms with van der Waals surface area (Å²) in [6.07, 6.45) is 2.96. The number of esters is 1. The minimum absolute atomic E-state index is 0.0504. The van der Waals surface area contributed by atoms with Gasteiger partial charge in [0.1, 0.15) is 42.9 Å². The van der Waals surface area contributed by atoms with Crippen molar-refractivity contribution >= 4 is 58.8 Å². The Labute approximate surface area is 324 Å². The Morgan fingerprint density at radius 3 is 2.35 bits per heavy atom. The second-order valence-electron chi connectivity index (χ2n) is 14.9. The van der Waals surface area contributed by atoms with Crippen molar-refractivity contribution in [2.75, 3.05) is 31.6 Å². The highest BCUT2D eigenvalue weighted by molar-refractivity contribution is 6.30. The van der Waals surface area contributed by atoms with Gasteiger partial charge < -0.3 is 40.7 Å². The molecule has 0 aliphatic carbocycles. The van der Waals surface area contributed by atoms with Crippen LogP contribution < -0.4 is 21.3 Å². The van der Waals surface area contributed by atoms with E-state index >= 15 is 0 Å². The molecule has 4 aliphatic heterocycles. The summed E-state index contributed by atoms with van der Waals surface area (Å²) in [7, 11) is 0. The molecule has 0 spiro atoms. The first-order valence-corrected chi connectivity index (χ1v) is 19.3. The number of nitrogens with one attached hydrogen (secondary N) is 4. The predicted octanol–water partition coefficient (Wildman–Crippen LogP) is 2.23. The lowest BCUT2D eigenvalue weighted by molar-refractivity contribution is -0.158. The van der Waals surface area contributed by atoms with Gasteiger partial charge in [-0.05, 0) is 75.1 Å². The normalized spacial score (nSPS) is 27.0. The average Bonchev–Trinajstić information content (AvgIpc) is 3.82. The van der Waals surface area contributed by atoms with Crippen LogP contribution in [0.2, 0.25) is 5.02 Å². The third-order valence-electron chi connectivity index (χ3n) is 10.7. The summed E-state index contributed by atoms with van der Waals surface area (Å²) >= 11 is 6.09. The number of hydrogen-bond donors (Lipinski definition) is 4. The Morgan fingerprint density at radius 2 is 1.58 bits per heavy atom. The van der Waals surface area contributed by atoms with Crippen molar-refractivity contribution in [3.05, 3.63) is 65.2 Å². The molecular formula is C39H48ClN7O8. The number of anilines is 1. The molecular weight excluding hydrogens is 730 g/mol. The van der Waals surface area contributed by atoms with E-state index < -0.39 is 84.4 Å². The van der Waals surface area contributed by atoms with Crippen molar-refractivity contribution in [2.24, 2.45) is 5.92 Å². The molecule has 0 bridgehead atoms. The first kappa shape index (κ1) is 39.5. The molecule has 2 aromatic carbocycles. The molecule has 7 amide bonds. The molecule has 6 rings (SSSR count). The molecule has 2 aromatic rings. The molecule has 294 valence electrons. The highest BCUT2D eigenvalue weighted by atomic mass is 35.5. The number of cyclic esters (lactones) is 1. The summed E-state index contributed by atoms with van der Waals surface area (Å²) in [4.78, 5) is 101. The molecule has 4 heterocycles. The molecule has 4 saturated heterocycles. The van der Waals surface area contributed by atoms with Gasteiger partial charge in [0.25, 0.3) is 0 Å². The molecule has 55 heavy (non-hydrogen) atoms. The monoisotopic (exact) mass is 777 g/mol. The topological polar surface area (TPSA) is 187 Å².